The molecule has 0 unspecified atom stereocenters. The Morgan fingerprint density at radius 1 is 1.04 bits per heavy atom. The monoisotopic (exact) mass is 367 g/mol. The van der Waals surface area contributed by atoms with Crippen molar-refractivity contribution < 1.29 is 4.63 Å². The number of aryl methyl sites for hydroxylation is 2. The van der Waals surface area contributed by atoms with Crippen LogP contribution >= 0.6 is 12.2 Å². The third-order valence-corrected chi connectivity index (χ3v) is 5.12. The van der Waals surface area contributed by atoms with E-state index in [9.17, 15) is 0 Å². The predicted molar refractivity (Wildman–Crippen MR) is 106 cm³/mol. The van der Waals surface area contributed by atoms with Crippen LogP contribution in [-0.4, -0.2) is 51.4 Å². The van der Waals surface area contributed by atoms with Crippen LogP contribution in [0, 0.1) is 13.8 Å². The molecule has 6 nitrogen and oxygen atoms in total. The lowest BCUT2D eigenvalue weighted by Gasteiger charge is -2.37. The van der Waals surface area contributed by atoms with Gasteiger partial charge in [0.2, 0.25) is 0 Å². The SMILES string of the molecule is Cc1cc(C)nc(CC(=S)N2CCN(c3ccc4nonc4c3)CC2)c1. The van der Waals surface area contributed by atoms with Crippen LogP contribution in [0.5, 0.6) is 0 Å². The van der Waals surface area contributed by atoms with E-state index in [4.69, 9.17) is 16.8 Å². The molecule has 0 saturated carbocycles. The lowest BCUT2D eigenvalue weighted by Crippen LogP contribution is -2.48. The second-order valence-electron chi connectivity index (χ2n) is 6.76. The van der Waals surface area contributed by atoms with Gasteiger partial charge in [0.05, 0.1) is 4.99 Å². The summed E-state index contributed by atoms with van der Waals surface area (Å²) in [5.41, 5.74) is 6.06. The van der Waals surface area contributed by atoms with Gasteiger partial charge in [-0.2, -0.15) is 0 Å². The number of rotatable bonds is 3. The first kappa shape index (κ1) is 16.9. The summed E-state index contributed by atoms with van der Waals surface area (Å²) in [6, 6.07) is 10.3. The van der Waals surface area contributed by atoms with Gasteiger partial charge >= 0.3 is 0 Å². The Balaban J connectivity index is 1.38. The molecule has 2 aromatic heterocycles. The van der Waals surface area contributed by atoms with E-state index in [0.717, 1.165) is 65.7 Å². The van der Waals surface area contributed by atoms with Crippen molar-refractivity contribution in [3.63, 3.8) is 0 Å². The second kappa shape index (κ2) is 6.99. The number of fused-ring (bicyclic) bond motifs is 1. The molecule has 7 heteroatoms. The van der Waals surface area contributed by atoms with Crippen molar-refractivity contribution in [1.82, 2.24) is 20.2 Å². The highest BCUT2D eigenvalue weighted by Gasteiger charge is 2.20. The molecule has 1 aromatic carbocycles. The number of nitrogens with zero attached hydrogens (tertiary/aromatic N) is 5. The van der Waals surface area contributed by atoms with Crippen LogP contribution in [0.15, 0.2) is 35.0 Å². The molecule has 134 valence electrons. The van der Waals surface area contributed by atoms with Crippen molar-refractivity contribution in [2.45, 2.75) is 20.3 Å². The van der Waals surface area contributed by atoms with Crippen LogP contribution in [0.3, 0.4) is 0 Å². The van der Waals surface area contributed by atoms with Crippen molar-refractivity contribution in [2.75, 3.05) is 31.1 Å². The minimum absolute atomic E-state index is 0.731. The molecule has 1 aliphatic rings. The van der Waals surface area contributed by atoms with Gasteiger partial charge in [-0.05, 0) is 60.1 Å². The molecular weight excluding hydrogens is 346 g/mol. The largest absolute Gasteiger partial charge is 0.368 e. The maximum Gasteiger partial charge on any atom is 0.137 e. The Morgan fingerprint density at radius 3 is 2.58 bits per heavy atom. The van der Waals surface area contributed by atoms with Gasteiger partial charge in [0.1, 0.15) is 11.0 Å². The van der Waals surface area contributed by atoms with Crippen LogP contribution in [0.1, 0.15) is 17.0 Å². The van der Waals surface area contributed by atoms with Gasteiger partial charge in [0.15, 0.2) is 0 Å². The minimum Gasteiger partial charge on any atom is -0.368 e. The van der Waals surface area contributed by atoms with Gasteiger partial charge in [-0.3, -0.25) is 4.98 Å². The van der Waals surface area contributed by atoms with Gasteiger partial charge in [-0.25, -0.2) is 4.63 Å². The zero-order chi connectivity index (χ0) is 18.1. The molecule has 1 aliphatic heterocycles. The maximum atomic E-state index is 5.69. The van der Waals surface area contributed by atoms with Gasteiger partial charge in [-0.15, -0.1) is 0 Å². The zero-order valence-electron chi connectivity index (χ0n) is 15.0. The number of aromatic nitrogens is 3. The highest BCUT2D eigenvalue weighted by atomic mass is 32.1. The normalized spacial score (nSPS) is 14.8. The van der Waals surface area contributed by atoms with Crippen LogP contribution < -0.4 is 4.90 Å². The lowest BCUT2D eigenvalue weighted by molar-refractivity contribution is 0.315. The molecule has 26 heavy (non-hydrogen) atoms. The van der Waals surface area contributed by atoms with E-state index in [1.54, 1.807) is 0 Å². The van der Waals surface area contributed by atoms with Crippen LogP contribution in [0.25, 0.3) is 11.0 Å². The van der Waals surface area contributed by atoms with E-state index in [2.05, 4.69) is 50.2 Å². The lowest BCUT2D eigenvalue weighted by atomic mass is 10.1. The molecule has 0 spiro atoms. The molecule has 0 atom stereocenters. The fourth-order valence-corrected chi connectivity index (χ4v) is 3.79. The van der Waals surface area contributed by atoms with Crippen molar-refractivity contribution >= 4 is 33.9 Å². The summed E-state index contributed by atoms with van der Waals surface area (Å²) < 4.78 is 4.78. The molecule has 0 bridgehead atoms. The smallest absolute Gasteiger partial charge is 0.137 e. The van der Waals surface area contributed by atoms with Crippen LogP contribution in [-0.2, 0) is 6.42 Å². The Hall–Kier alpha value is -2.54. The molecule has 4 rings (SSSR count). The summed E-state index contributed by atoms with van der Waals surface area (Å²) in [7, 11) is 0. The zero-order valence-corrected chi connectivity index (χ0v) is 15.8. The van der Waals surface area contributed by atoms with E-state index in [1.165, 1.54) is 5.56 Å². The number of hydrogen-bond donors (Lipinski definition) is 0. The summed E-state index contributed by atoms with van der Waals surface area (Å²) in [4.78, 5) is 10.2. The van der Waals surface area contributed by atoms with Gasteiger partial charge in [0.25, 0.3) is 0 Å². The summed E-state index contributed by atoms with van der Waals surface area (Å²) >= 11 is 5.69. The highest BCUT2D eigenvalue weighted by Crippen LogP contribution is 2.21. The van der Waals surface area contributed by atoms with E-state index in [-0.39, 0.29) is 0 Å². The number of thiocarbonyl (C=S) groups is 1. The van der Waals surface area contributed by atoms with Crippen molar-refractivity contribution in [3.05, 3.63) is 47.3 Å². The first-order valence-electron chi connectivity index (χ1n) is 8.78. The Morgan fingerprint density at radius 2 is 1.81 bits per heavy atom. The van der Waals surface area contributed by atoms with Gasteiger partial charge in [-0.1, -0.05) is 12.2 Å². The van der Waals surface area contributed by atoms with E-state index < -0.39 is 0 Å². The summed E-state index contributed by atoms with van der Waals surface area (Å²) in [6.07, 6.45) is 0.731. The number of piperazine rings is 1. The molecular formula is C19H21N5OS. The average molecular weight is 367 g/mol. The summed E-state index contributed by atoms with van der Waals surface area (Å²) in [6.45, 7) is 7.81. The van der Waals surface area contributed by atoms with Gasteiger partial charge in [0, 0.05) is 49.7 Å². The predicted octanol–water partition coefficient (Wildman–Crippen LogP) is 2.93. The molecule has 0 radical (unpaired) electrons. The third-order valence-electron chi connectivity index (χ3n) is 4.72. The molecule has 0 amide bonds. The maximum absolute atomic E-state index is 5.69. The van der Waals surface area contributed by atoms with Crippen molar-refractivity contribution in [1.29, 1.82) is 0 Å². The molecule has 0 aliphatic carbocycles. The average Bonchev–Trinajstić information content (AvgIpc) is 3.08. The van der Waals surface area contributed by atoms with Crippen molar-refractivity contribution in [2.24, 2.45) is 0 Å². The topological polar surface area (TPSA) is 58.3 Å². The van der Waals surface area contributed by atoms with Crippen LogP contribution in [0.4, 0.5) is 5.69 Å². The molecule has 0 N–H and O–H groups in total. The number of hydrogen-bond acceptors (Lipinski definition) is 6. The summed E-state index contributed by atoms with van der Waals surface area (Å²) in [5.74, 6) is 0. The summed E-state index contributed by atoms with van der Waals surface area (Å²) in [5, 5.41) is 7.78. The minimum atomic E-state index is 0.731. The van der Waals surface area contributed by atoms with Crippen molar-refractivity contribution in [3.8, 4) is 0 Å². The number of pyridine rings is 1. The first-order valence-corrected chi connectivity index (χ1v) is 9.18. The fraction of sp³-hybridized carbons (Fsp3) is 0.368. The Kier molecular flexibility index (Phi) is 4.55. The third kappa shape index (κ3) is 3.53. The molecule has 3 heterocycles. The first-order chi connectivity index (χ1) is 12.6. The second-order valence-corrected chi connectivity index (χ2v) is 7.23. The van der Waals surface area contributed by atoms with Crippen LogP contribution in [0.2, 0.25) is 0 Å². The Labute approximate surface area is 157 Å². The van der Waals surface area contributed by atoms with E-state index in [1.807, 2.05) is 19.1 Å². The molecule has 1 saturated heterocycles. The van der Waals surface area contributed by atoms with E-state index >= 15 is 0 Å². The van der Waals surface area contributed by atoms with E-state index in [0.29, 0.717) is 0 Å². The standard InChI is InChI=1S/C19H21N5OS/c1-13-9-14(2)20-15(10-13)11-19(26)24-7-5-23(6-8-24)16-3-4-17-18(12-16)22-25-21-17/h3-4,9-10,12H,5-8,11H2,1-2H3. The highest BCUT2D eigenvalue weighted by molar-refractivity contribution is 7.80. The number of anilines is 1. The Bertz CT molecular complexity index is 926. The molecule has 1 fully saturated rings. The fourth-order valence-electron chi connectivity index (χ4n) is 3.46. The quantitative estimate of drug-likeness (QED) is 0.660. The van der Waals surface area contributed by atoms with Gasteiger partial charge < -0.3 is 9.80 Å². The molecule has 3 aromatic rings. The number of benzene rings is 1.